The Labute approximate surface area is 103 Å². The number of hydrogen-bond acceptors (Lipinski definition) is 1. The first-order valence-electron chi connectivity index (χ1n) is 4.51. The van der Waals surface area contributed by atoms with E-state index < -0.39 is 11.6 Å². The maximum Gasteiger partial charge on any atom is 0.200 e. The zero-order valence-electron chi connectivity index (χ0n) is 7.64. The monoisotopic (exact) mass is 340 g/mol. The van der Waals surface area contributed by atoms with Crippen molar-refractivity contribution in [2.24, 2.45) is 0 Å². The van der Waals surface area contributed by atoms with Crippen LogP contribution < -0.4 is 4.74 Å². The van der Waals surface area contributed by atoms with Crippen LogP contribution in [0.4, 0.5) is 8.78 Å². The Morgan fingerprint density at radius 1 is 1.27 bits per heavy atom. The molecule has 1 aromatic carbocycles. The minimum atomic E-state index is -0.920. The predicted molar refractivity (Wildman–Crippen MR) is 60.4 cm³/mol. The van der Waals surface area contributed by atoms with Crippen LogP contribution in [0.3, 0.4) is 0 Å². The number of ether oxygens (including phenoxy) is 1. The fourth-order valence-corrected chi connectivity index (χ4v) is 2.64. The SMILES string of the molecule is Fc1cc(Br)cc(OC2CC(Br)C2)c1F. The van der Waals surface area contributed by atoms with Crippen LogP contribution in [0.5, 0.6) is 5.75 Å². The highest BCUT2D eigenvalue weighted by Crippen LogP contribution is 2.33. The highest BCUT2D eigenvalue weighted by atomic mass is 79.9. The first-order valence-corrected chi connectivity index (χ1v) is 6.22. The number of hydrogen-bond donors (Lipinski definition) is 0. The Bertz CT molecular complexity index is 378. The van der Waals surface area contributed by atoms with Gasteiger partial charge in [0.15, 0.2) is 11.6 Å². The second kappa shape index (κ2) is 4.37. The van der Waals surface area contributed by atoms with Crippen LogP contribution in [-0.4, -0.2) is 10.9 Å². The van der Waals surface area contributed by atoms with Gasteiger partial charge in [0.05, 0.1) is 0 Å². The second-order valence-corrected chi connectivity index (χ2v) is 5.72. The molecule has 82 valence electrons. The number of halogens is 4. The van der Waals surface area contributed by atoms with Gasteiger partial charge in [-0.15, -0.1) is 0 Å². The normalized spacial score (nSPS) is 24.8. The van der Waals surface area contributed by atoms with Crippen molar-refractivity contribution in [3.05, 3.63) is 28.2 Å². The summed E-state index contributed by atoms with van der Waals surface area (Å²) in [4.78, 5) is 0.433. The minimum absolute atomic E-state index is 0.0161. The van der Waals surface area contributed by atoms with E-state index >= 15 is 0 Å². The molecule has 0 spiro atoms. The van der Waals surface area contributed by atoms with Crippen LogP contribution in [0.25, 0.3) is 0 Å². The van der Waals surface area contributed by atoms with Crippen molar-refractivity contribution >= 4 is 31.9 Å². The van der Waals surface area contributed by atoms with Crippen molar-refractivity contribution in [1.29, 1.82) is 0 Å². The van der Waals surface area contributed by atoms with Gasteiger partial charge in [-0.25, -0.2) is 4.39 Å². The maximum absolute atomic E-state index is 13.3. The van der Waals surface area contributed by atoms with Crippen molar-refractivity contribution in [3.63, 3.8) is 0 Å². The molecule has 0 radical (unpaired) electrons. The first kappa shape index (κ1) is 11.3. The van der Waals surface area contributed by atoms with Crippen LogP contribution >= 0.6 is 31.9 Å². The molecule has 0 atom stereocenters. The van der Waals surface area contributed by atoms with Crippen LogP contribution in [0, 0.1) is 11.6 Å². The largest absolute Gasteiger partial charge is 0.487 e. The lowest BCUT2D eigenvalue weighted by atomic mass is 9.96. The molecule has 0 bridgehead atoms. The third-order valence-electron chi connectivity index (χ3n) is 2.29. The number of benzene rings is 1. The molecule has 0 N–H and O–H groups in total. The average Bonchev–Trinajstić information content (AvgIpc) is 2.10. The summed E-state index contributed by atoms with van der Waals surface area (Å²) >= 11 is 6.50. The first-order chi connectivity index (χ1) is 7.06. The number of alkyl halides is 1. The van der Waals surface area contributed by atoms with E-state index in [2.05, 4.69) is 31.9 Å². The molecule has 5 heteroatoms. The van der Waals surface area contributed by atoms with Gasteiger partial charge in [-0.3, -0.25) is 0 Å². The lowest BCUT2D eigenvalue weighted by Gasteiger charge is -2.31. The molecule has 0 unspecified atom stereocenters. The lowest BCUT2D eigenvalue weighted by Crippen LogP contribution is -2.34. The van der Waals surface area contributed by atoms with E-state index in [1.54, 1.807) is 0 Å². The van der Waals surface area contributed by atoms with Gasteiger partial charge in [0.1, 0.15) is 6.10 Å². The molecular weight excluding hydrogens is 334 g/mol. The Kier molecular flexibility index (Phi) is 3.30. The van der Waals surface area contributed by atoms with E-state index in [0.29, 0.717) is 9.30 Å². The predicted octanol–water partition coefficient (Wildman–Crippen LogP) is 4.03. The van der Waals surface area contributed by atoms with E-state index in [-0.39, 0.29) is 11.9 Å². The Hall–Kier alpha value is -0.160. The molecule has 1 aliphatic carbocycles. The third kappa shape index (κ3) is 2.50. The zero-order valence-corrected chi connectivity index (χ0v) is 10.8. The standard InChI is InChI=1S/C10H8Br2F2O/c11-5-1-7(2-5)15-9-4-6(12)3-8(13)10(9)14/h3-5,7H,1-2H2. The summed E-state index contributed by atoms with van der Waals surface area (Å²) in [5.74, 6) is -1.84. The van der Waals surface area contributed by atoms with Gasteiger partial charge in [0.2, 0.25) is 5.82 Å². The summed E-state index contributed by atoms with van der Waals surface area (Å²) in [6.07, 6.45) is 1.64. The molecule has 1 nitrogen and oxygen atoms in total. The van der Waals surface area contributed by atoms with Gasteiger partial charge < -0.3 is 4.74 Å². The average molecular weight is 342 g/mol. The van der Waals surface area contributed by atoms with Crippen LogP contribution in [0.15, 0.2) is 16.6 Å². The molecule has 0 aliphatic heterocycles. The van der Waals surface area contributed by atoms with E-state index in [9.17, 15) is 8.78 Å². The van der Waals surface area contributed by atoms with E-state index in [1.807, 2.05) is 0 Å². The van der Waals surface area contributed by atoms with E-state index in [1.165, 1.54) is 6.07 Å². The summed E-state index contributed by atoms with van der Waals surface area (Å²) in [5, 5.41) is 0. The molecule has 1 saturated carbocycles. The van der Waals surface area contributed by atoms with E-state index in [4.69, 9.17) is 4.74 Å². The van der Waals surface area contributed by atoms with Gasteiger partial charge in [-0.2, -0.15) is 4.39 Å². The molecule has 1 fully saturated rings. The minimum Gasteiger partial charge on any atom is -0.487 e. The zero-order chi connectivity index (χ0) is 11.0. The quantitative estimate of drug-likeness (QED) is 0.583. The molecular formula is C10H8Br2F2O. The van der Waals surface area contributed by atoms with Crippen molar-refractivity contribution in [3.8, 4) is 5.75 Å². The summed E-state index contributed by atoms with van der Waals surface area (Å²) < 4.78 is 32.1. The van der Waals surface area contributed by atoms with Crippen molar-refractivity contribution < 1.29 is 13.5 Å². The Balaban J connectivity index is 2.13. The molecule has 0 amide bonds. The van der Waals surface area contributed by atoms with Gasteiger partial charge in [0.25, 0.3) is 0 Å². The summed E-state index contributed by atoms with van der Waals surface area (Å²) in [5.41, 5.74) is 0. The van der Waals surface area contributed by atoms with Gasteiger partial charge in [-0.05, 0) is 25.0 Å². The third-order valence-corrected chi connectivity index (χ3v) is 3.50. The summed E-state index contributed by atoms with van der Waals surface area (Å²) in [6, 6.07) is 2.52. The highest BCUT2D eigenvalue weighted by Gasteiger charge is 2.29. The fraction of sp³-hybridized carbons (Fsp3) is 0.400. The van der Waals surface area contributed by atoms with Crippen LogP contribution in [0.2, 0.25) is 0 Å². The summed E-state index contributed by atoms with van der Waals surface area (Å²) in [7, 11) is 0. The lowest BCUT2D eigenvalue weighted by molar-refractivity contribution is 0.121. The smallest absolute Gasteiger partial charge is 0.200 e. The van der Waals surface area contributed by atoms with Gasteiger partial charge >= 0.3 is 0 Å². The Morgan fingerprint density at radius 2 is 1.93 bits per heavy atom. The van der Waals surface area contributed by atoms with Gasteiger partial charge in [0, 0.05) is 9.30 Å². The molecule has 15 heavy (non-hydrogen) atoms. The highest BCUT2D eigenvalue weighted by molar-refractivity contribution is 9.10. The maximum atomic E-state index is 13.3. The van der Waals surface area contributed by atoms with E-state index in [0.717, 1.165) is 18.9 Å². The molecule has 0 saturated heterocycles. The molecule has 0 aromatic heterocycles. The van der Waals surface area contributed by atoms with Crippen molar-refractivity contribution in [1.82, 2.24) is 0 Å². The van der Waals surface area contributed by atoms with Crippen LogP contribution in [-0.2, 0) is 0 Å². The number of rotatable bonds is 2. The molecule has 0 heterocycles. The van der Waals surface area contributed by atoms with Gasteiger partial charge in [-0.1, -0.05) is 31.9 Å². The fourth-order valence-electron chi connectivity index (χ4n) is 1.40. The van der Waals surface area contributed by atoms with Crippen LogP contribution in [0.1, 0.15) is 12.8 Å². The summed E-state index contributed by atoms with van der Waals surface area (Å²) in [6.45, 7) is 0. The van der Waals surface area contributed by atoms with Crippen molar-refractivity contribution in [2.75, 3.05) is 0 Å². The second-order valence-electron chi connectivity index (χ2n) is 3.51. The van der Waals surface area contributed by atoms with Crippen molar-refractivity contribution in [2.45, 2.75) is 23.8 Å². The Morgan fingerprint density at radius 3 is 2.53 bits per heavy atom. The molecule has 1 aromatic rings. The molecule has 1 aliphatic rings. The molecule has 2 rings (SSSR count). The topological polar surface area (TPSA) is 9.23 Å².